The number of sulfonamides is 2. The van der Waals surface area contributed by atoms with E-state index >= 15 is 0 Å². The molecule has 3 N–H and O–H groups in total. The van der Waals surface area contributed by atoms with Gasteiger partial charge >= 0.3 is 0 Å². The molecule has 0 aromatic heterocycles. The van der Waals surface area contributed by atoms with Crippen molar-refractivity contribution in [2.24, 2.45) is 11.1 Å². The smallest absolute Gasteiger partial charge is 0.243 e. The molecule has 1 aliphatic rings. The Morgan fingerprint density at radius 2 is 2.00 bits per heavy atom. The molecule has 136 valence electrons. The third-order valence-corrected chi connectivity index (χ3v) is 7.37. The number of anilines is 1. The summed E-state index contributed by atoms with van der Waals surface area (Å²) >= 11 is 0. The average molecular weight is 379 g/mol. The fraction of sp³-hybridized carbons (Fsp3) is 0.571. The summed E-state index contributed by atoms with van der Waals surface area (Å²) in [4.78, 5) is -0.208. The summed E-state index contributed by atoms with van der Waals surface area (Å²) in [5.41, 5.74) is 5.12. The van der Waals surface area contributed by atoms with E-state index in [1.165, 1.54) is 17.3 Å². The van der Waals surface area contributed by atoms with E-state index in [9.17, 15) is 21.2 Å². The summed E-state index contributed by atoms with van der Waals surface area (Å²) in [7, 11) is -7.49. The van der Waals surface area contributed by atoms with Gasteiger partial charge in [-0.15, -0.1) is 0 Å². The lowest BCUT2D eigenvalue weighted by Crippen LogP contribution is -2.34. The average Bonchev–Trinajstić information content (AvgIpc) is 2.93. The lowest BCUT2D eigenvalue weighted by Gasteiger charge is -2.22. The highest BCUT2D eigenvalue weighted by molar-refractivity contribution is 7.92. The SMILES string of the molecule is CCS(=O)(=O)Nc1ccc(S(=O)(=O)N2CCC(C)(CN)C2)cc1F. The largest absolute Gasteiger partial charge is 0.330 e. The van der Waals surface area contributed by atoms with Crippen LogP contribution in [-0.4, -0.2) is 46.5 Å². The van der Waals surface area contributed by atoms with E-state index in [1.807, 2.05) is 6.92 Å². The highest BCUT2D eigenvalue weighted by Gasteiger charge is 2.39. The Labute approximate surface area is 142 Å². The van der Waals surface area contributed by atoms with Crippen molar-refractivity contribution in [3.8, 4) is 0 Å². The first-order chi connectivity index (χ1) is 11.0. The van der Waals surface area contributed by atoms with Crippen molar-refractivity contribution in [1.29, 1.82) is 0 Å². The van der Waals surface area contributed by atoms with Crippen LogP contribution in [-0.2, 0) is 20.0 Å². The fourth-order valence-corrected chi connectivity index (χ4v) is 4.73. The first-order valence-electron chi connectivity index (χ1n) is 7.53. The zero-order chi connectivity index (χ0) is 18.2. The van der Waals surface area contributed by atoms with Gasteiger partial charge in [-0.2, -0.15) is 4.31 Å². The van der Waals surface area contributed by atoms with E-state index in [2.05, 4.69) is 4.72 Å². The number of nitrogens with zero attached hydrogens (tertiary/aromatic N) is 1. The van der Waals surface area contributed by atoms with E-state index < -0.39 is 25.9 Å². The maximum absolute atomic E-state index is 14.1. The minimum atomic E-state index is -3.85. The summed E-state index contributed by atoms with van der Waals surface area (Å²) < 4.78 is 65.7. The Kier molecular flexibility index (Phi) is 5.24. The molecule has 1 atom stereocenters. The summed E-state index contributed by atoms with van der Waals surface area (Å²) in [6.07, 6.45) is 0.638. The molecule has 0 radical (unpaired) electrons. The van der Waals surface area contributed by atoms with Gasteiger partial charge in [0.25, 0.3) is 0 Å². The quantitative estimate of drug-likeness (QED) is 0.765. The minimum Gasteiger partial charge on any atom is -0.330 e. The lowest BCUT2D eigenvalue weighted by molar-refractivity contribution is 0.349. The molecular weight excluding hydrogens is 357 g/mol. The third-order valence-electron chi connectivity index (χ3n) is 4.24. The topological polar surface area (TPSA) is 110 Å². The van der Waals surface area contributed by atoms with Crippen LogP contribution in [0.25, 0.3) is 0 Å². The normalized spacial score (nSPS) is 22.7. The number of benzene rings is 1. The zero-order valence-corrected chi connectivity index (χ0v) is 15.3. The van der Waals surface area contributed by atoms with Gasteiger partial charge in [-0.1, -0.05) is 6.92 Å². The van der Waals surface area contributed by atoms with Crippen LogP contribution in [0.1, 0.15) is 20.3 Å². The molecule has 1 aromatic carbocycles. The van der Waals surface area contributed by atoms with Crippen molar-refractivity contribution in [2.75, 3.05) is 30.1 Å². The van der Waals surface area contributed by atoms with Crippen molar-refractivity contribution in [3.63, 3.8) is 0 Å². The molecule has 7 nitrogen and oxygen atoms in total. The molecule has 1 aromatic rings. The predicted molar refractivity (Wildman–Crippen MR) is 90.0 cm³/mol. The maximum atomic E-state index is 14.1. The van der Waals surface area contributed by atoms with Crippen molar-refractivity contribution in [3.05, 3.63) is 24.0 Å². The number of nitrogens with one attached hydrogen (secondary N) is 1. The number of hydrogen-bond donors (Lipinski definition) is 2. The summed E-state index contributed by atoms with van der Waals surface area (Å²) in [6.45, 7) is 4.29. The van der Waals surface area contributed by atoms with E-state index in [0.717, 1.165) is 12.1 Å². The number of nitrogens with two attached hydrogens (primary N) is 1. The summed E-state index contributed by atoms with van der Waals surface area (Å²) in [5.74, 6) is -1.15. The van der Waals surface area contributed by atoms with Crippen molar-refractivity contribution < 1.29 is 21.2 Å². The van der Waals surface area contributed by atoms with Crippen LogP contribution in [0.5, 0.6) is 0 Å². The van der Waals surface area contributed by atoms with Crippen LogP contribution in [0.15, 0.2) is 23.1 Å². The van der Waals surface area contributed by atoms with E-state index in [0.29, 0.717) is 19.5 Å². The van der Waals surface area contributed by atoms with Crippen LogP contribution in [0, 0.1) is 11.2 Å². The van der Waals surface area contributed by atoms with Gasteiger partial charge in [0.15, 0.2) is 0 Å². The Morgan fingerprint density at radius 3 is 2.50 bits per heavy atom. The molecule has 0 bridgehead atoms. The van der Waals surface area contributed by atoms with E-state index in [4.69, 9.17) is 5.73 Å². The van der Waals surface area contributed by atoms with Gasteiger partial charge in [0.2, 0.25) is 20.0 Å². The van der Waals surface area contributed by atoms with Gasteiger partial charge in [0, 0.05) is 13.1 Å². The highest BCUT2D eigenvalue weighted by Crippen LogP contribution is 2.33. The van der Waals surface area contributed by atoms with E-state index in [-0.39, 0.29) is 28.3 Å². The Morgan fingerprint density at radius 1 is 1.33 bits per heavy atom. The van der Waals surface area contributed by atoms with Crippen molar-refractivity contribution in [1.82, 2.24) is 4.31 Å². The minimum absolute atomic E-state index is 0.208. The van der Waals surface area contributed by atoms with Crippen LogP contribution in [0.4, 0.5) is 10.1 Å². The number of hydrogen-bond acceptors (Lipinski definition) is 5. The van der Waals surface area contributed by atoms with Gasteiger partial charge in [0.05, 0.1) is 16.3 Å². The van der Waals surface area contributed by atoms with Crippen LogP contribution in [0.2, 0.25) is 0 Å². The van der Waals surface area contributed by atoms with Gasteiger partial charge in [-0.3, -0.25) is 4.72 Å². The highest BCUT2D eigenvalue weighted by atomic mass is 32.2. The van der Waals surface area contributed by atoms with Crippen LogP contribution >= 0.6 is 0 Å². The predicted octanol–water partition coefficient (Wildman–Crippen LogP) is 0.947. The molecule has 0 saturated carbocycles. The van der Waals surface area contributed by atoms with Gasteiger partial charge in [-0.05, 0) is 43.5 Å². The zero-order valence-electron chi connectivity index (χ0n) is 13.6. The standard InChI is InChI=1S/C14H22FN3O4S2/c1-3-23(19,20)17-13-5-4-11(8-12(13)15)24(21,22)18-7-6-14(2,9-16)10-18/h4-5,8,17H,3,6-7,9-10,16H2,1-2H3. The molecule has 1 saturated heterocycles. The molecule has 1 fully saturated rings. The second-order valence-corrected chi connectivity index (χ2v) is 10.2. The Bertz CT molecular complexity index is 826. The first kappa shape index (κ1) is 19.1. The lowest BCUT2D eigenvalue weighted by atomic mass is 9.90. The number of halogens is 1. The fourth-order valence-electron chi connectivity index (χ4n) is 2.48. The molecule has 10 heteroatoms. The van der Waals surface area contributed by atoms with Gasteiger partial charge in [-0.25, -0.2) is 21.2 Å². The van der Waals surface area contributed by atoms with E-state index in [1.54, 1.807) is 0 Å². The van der Waals surface area contributed by atoms with Gasteiger partial charge in [0.1, 0.15) is 5.82 Å². The third kappa shape index (κ3) is 3.88. The Hall–Kier alpha value is -1.23. The molecule has 1 aliphatic heterocycles. The molecular formula is C14H22FN3O4S2. The maximum Gasteiger partial charge on any atom is 0.243 e. The van der Waals surface area contributed by atoms with Crippen LogP contribution < -0.4 is 10.5 Å². The van der Waals surface area contributed by atoms with Crippen molar-refractivity contribution >= 4 is 25.7 Å². The summed E-state index contributed by atoms with van der Waals surface area (Å²) in [5, 5.41) is 0. The second kappa shape index (κ2) is 6.58. The van der Waals surface area contributed by atoms with Crippen molar-refractivity contribution in [2.45, 2.75) is 25.2 Å². The molecule has 1 heterocycles. The molecule has 2 rings (SSSR count). The molecule has 24 heavy (non-hydrogen) atoms. The Balaban J connectivity index is 2.28. The van der Waals surface area contributed by atoms with Crippen LogP contribution in [0.3, 0.4) is 0 Å². The molecule has 0 aliphatic carbocycles. The number of rotatable bonds is 6. The molecule has 1 unspecified atom stereocenters. The first-order valence-corrected chi connectivity index (χ1v) is 10.6. The molecule has 0 spiro atoms. The summed E-state index contributed by atoms with van der Waals surface area (Å²) in [6, 6.07) is 3.15. The second-order valence-electron chi connectivity index (χ2n) is 6.25. The van der Waals surface area contributed by atoms with Gasteiger partial charge < -0.3 is 5.73 Å². The molecule has 0 amide bonds. The monoisotopic (exact) mass is 379 g/mol.